The van der Waals surface area contributed by atoms with Crippen LogP contribution in [0.4, 0.5) is 4.39 Å². The number of piperidine rings is 1. The smallest absolute Gasteiger partial charge is 0.233 e. The van der Waals surface area contributed by atoms with Crippen molar-refractivity contribution in [3.05, 3.63) is 71.8 Å². The van der Waals surface area contributed by atoms with Crippen LogP contribution in [0.1, 0.15) is 30.7 Å². The van der Waals surface area contributed by atoms with E-state index in [1.807, 2.05) is 41.9 Å². The van der Waals surface area contributed by atoms with Gasteiger partial charge in [-0.1, -0.05) is 48.5 Å². The van der Waals surface area contributed by atoms with Crippen molar-refractivity contribution in [3.8, 4) is 5.69 Å². The average Bonchev–Trinajstić information content (AvgIpc) is 3.21. The highest BCUT2D eigenvalue weighted by Crippen LogP contribution is 2.24. The van der Waals surface area contributed by atoms with E-state index in [0.717, 1.165) is 30.2 Å². The van der Waals surface area contributed by atoms with Crippen molar-refractivity contribution in [2.45, 2.75) is 37.5 Å². The molecule has 0 radical (unpaired) electrons. The van der Waals surface area contributed by atoms with E-state index in [9.17, 15) is 9.18 Å². The number of benzene rings is 2. The first-order chi connectivity index (χ1) is 15.6. The molecule has 6 nitrogen and oxygen atoms in total. The van der Waals surface area contributed by atoms with E-state index in [4.69, 9.17) is 0 Å². The minimum absolute atomic E-state index is 0.0186. The Morgan fingerprint density at radius 3 is 2.47 bits per heavy atom. The zero-order chi connectivity index (χ0) is 22.3. The van der Waals surface area contributed by atoms with Gasteiger partial charge in [0, 0.05) is 19.3 Å². The van der Waals surface area contributed by atoms with Crippen LogP contribution < -0.4 is 0 Å². The first-order valence-corrected chi connectivity index (χ1v) is 11.9. The molecule has 0 unspecified atom stereocenters. The normalized spacial score (nSPS) is 14.4. The molecule has 1 saturated heterocycles. The van der Waals surface area contributed by atoms with Gasteiger partial charge in [-0.05, 0) is 55.8 Å². The number of nitrogens with zero attached hydrogens (tertiary/aromatic N) is 5. The third-order valence-corrected chi connectivity index (χ3v) is 6.53. The number of thioether (sulfide) groups is 1. The largest absolute Gasteiger partial charge is 0.341 e. The van der Waals surface area contributed by atoms with E-state index in [1.165, 1.54) is 43.2 Å². The van der Waals surface area contributed by atoms with Gasteiger partial charge in [-0.3, -0.25) is 14.3 Å². The second kappa shape index (κ2) is 10.7. The molecule has 2 aromatic carbocycles. The quantitative estimate of drug-likeness (QED) is 0.480. The van der Waals surface area contributed by atoms with Gasteiger partial charge in [-0.15, -0.1) is 10.2 Å². The summed E-state index contributed by atoms with van der Waals surface area (Å²) in [6.07, 6.45) is 3.64. The Hall–Kier alpha value is -2.71. The molecule has 0 spiro atoms. The summed E-state index contributed by atoms with van der Waals surface area (Å²) < 4.78 is 15.5. The van der Waals surface area contributed by atoms with Crippen LogP contribution in [0, 0.1) is 5.82 Å². The van der Waals surface area contributed by atoms with Crippen LogP contribution in [0.15, 0.2) is 59.8 Å². The van der Waals surface area contributed by atoms with E-state index in [2.05, 4.69) is 15.1 Å². The maximum Gasteiger partial charge on any atom is 0.233 e. The number of carbonyl (C=O) groups is 1. The van der Waals surface area contributed by atoms with E-state index < -0.39 is 0 Å². The molecule has 1 amide bonds. The third kappa shape index (κ3) is 5.75. The second-order valence-corrected chi connectivity index (χ2v) is 9.01. The lowest BCUT2D eigenvalue weighted by molar-refractivity contribution is -0.127. The van der Waals surface area contributed by atoms with Gasteiger partial charge >= 0.3 is 0 Å². The fourth-order valence-corrected chi connectivity index (χ4v) is 4.76. The summed E-state index contributed by atoms with van der Waals surface area (Å²) in [5, 5.41) is 9.46. The number of hydrogen-bond donors (Lipinski definition) is 0. The predicted molar refractivity (Wildman–Crippen MR) is 124 cm³/mol. The average molecular weight is 454 g/mol. The highest BCUT2D eigenvalue weighted by Gasteiger charge is 2.20. The molecule has 1 aromatic heterocycles. The molecule has 0 atom stereocenters. The maximum atomic E-state index is 13.5. The van der Waals surface area contributed by atoms with Gasteiger partial charge in [0.2, 0.25) is 5.91 Å². The van der Waals surface area contributed by atoms with Crippen LogP contribution in [0.3, 0.4) is 0 Å². The first-order valence-electron chi connectivity index (χ1n) is 10.9. The molecule has 32 heavy (non-hydrogen) atoms. The lowest BCUT2D eigenvalue weighted by Crippen LogP contribution is -2.30. The van der Waals surface area contributed by atoms with Crippen molar-refractivity contribution in [3.63, 3.8) is 0 Å². The lowest BCUT2D eigenvalue weighted by Gasteiger charge is -2.26. The van der Waals surface area contributed by atoms with Gasteiger partial charge in [0.15, 0.2) is 11.0 Å². The van der Waals surface area contributed by atoms with Gasteiger partial charge in [-0.25, -0.2) is 4.39 Å². The van der Waals surface area contributed by atoms with Crippen molar-refractivity contribution in [1.29, 1.82) is 0 Å². The highest BCUT2D eigenvalue weighted by atomic mass is 32.2. The van der Waals surface area contributed by atoms with Crippen LogP contribution in [0.2, 0.25) is 0 Å². The van der Waals surface area contributed by atoms with Crippen molar-refractivity contribution >= 4 is 17.7 Å². The molecule has 4 rings (SSSR count). The van der Waals surface area contributed by atoms with Gasteiger partial charge in [0.05, 0.1) is 12.3 Å². The molecule has 1 fully saturated rings. The summed E-state index contributed by atoms with van der Waals surface area (Å²) in [7, 11) is 1.81. The summed E-state index contributed by atoms with van der Waals surface area (Å²) >= 11 is 1.36. The molecular formula is C24H28FN5OS. The Balaban J connectivity index is 1.48. The zero-order valence-electron chi connectivity index (χ0n) is 18.3. The van der Waals surface area contributed by atoms with Gasteiger partial charge in [0.1, 0.15) is 5.82 Å². The molecule has 8 heteroatoms. The van der Waals surface area contributed by atoms with Crippen LogP contribution in [0.25, 0.3) is 5.69 Å². The predicted octanol–water partition coefficient (Wildman–Crippen LogP) is 4.14. The van der Waals surface area contributed by atoms with Crippen molar-refractivity contribution in [1.82, 2.24) is 24.6 Å². The number of hydrogen-bond acceptors (Lipinski definition) is 5. The van der Waals surface area contributed by atoms with E-state index in [-0.39, 0.29) is 17.5 Å². The van der Waals surface area contributed by atoms with Crippen molar-refractivity contribution in [2.75, 3.05) is 25.9 Å². The minimum atomic E-state index is -0.286. The highest BCUT2D eigenvalue weighted by molar-refractivity contribution is 7.99. The zero-order valence-corrected chi connectivity index (χ0v) is 19.1. The Bertz CT molecular complexity index is 1020. The summed E-state index contributed by atoms with van der Waals surface area (Å²) in [5.41, 5.74) is 1.89. The molecule has 1 aliphatic rings. The standard InChI is InChI=1S/C24H28FN5OS/c1-28(16-19-8-4-2-5-9-19)23(31)18-32-24-27-26-22(17-29-14-6-3-7-15-29)30(24)21-12-10-20(25)11-13-21/h2,4-5,8-13H,3,6-7,14-18H2,1H3. The summed E-state index contributed by atoms with van der Waals surface area (Å²) in [5.74, 6) is 0.800. The Morgan fingerprint density at radius 1 is 1.03 bits per heavy atom. The lowest BCUT2D eigenvalue weighted by atomic mass is 10.1. The maximum absolute atomic E-state index is 13.5. The molecule has 0 aliphatic carbocycles. The first kappa shape index (κ1) is 22.5. The van der Waals surface area contributed by atoms with Crippen LogP contribution in [-0.2, 0) is 17.9 Å². The SMILES string of the molecule is CN(Cc1ccccc1)C(=O)CSc1nnc(CN2CCCCC2)n1-c1ccc(F)cc1. The Morgan fingerprint density at radius 2 is 1.75 bits per heavy atom. The minimum Gasteiger partial charge on any atom is -0.341 e. The number of amides is 1. The van der Waals surface area contributed by atoms with Crippen LogP contribution in [-0.4, -0.2) is 56.4 Å². The fraction of sp³-hybridized carbons (Fsp3) is 0.375. The molecule has 0 N–H and O–H groups in total. The monoisotopic (exact) mass is 453 g/mol. The van der Waals surface area contributed by atoms with Crippen molar-refractivity contribution in [2.24, 2.45) is 0 Å². The molecule has 0 bridgehead atoms. The van der Waals surface area contributed by atoms with Gasteiger partial charge < -0.3 is 4.90 Å². The van der Waals surface area contributed by atoms with E-state index in [1.54, 1.807) is 17.0 Å². The molecule has 3 aromatic rings. The van der Waals surface area contributed by atoms with E-state index >= 15 is 0 Å². The fourth-order valence-electron chi connectivity index (χ4n) is 3.85. The summed E-state index contributed by atoms with van der Waals surface area (Å²) in [6, 6.07) is 16.3. The number of carbonyl (C=O) groups excluding carboxylic acids is 1. The summed E-state index contributed by atoms with van der Waals surface area (Å²) in [6.45, 7) is 3.33. The van der Waals surface area contributed by atoms with Crippen LogP contribution >= 0.6 is 11.8 Å². The van der Waals surface area contributed by atoms with Gasteiger partial charge in [-0.2, -0.15) is 0 Å². The molecule has 1 aliphatic heterocycles. The summed E-state index contributed by atoms with van der Waals surface area (Å²) in [4.78, 5) is 16.8. The number of likely N-dealkylation sites (tertiary alicyclic amines) is 1. The molecule has 2 heterocycles. The van der Waals surface area contributed by atoms with Crippen molar-refractivity contribution < 1.29 is 9.18 Å². The van der Waals surface area contributed by atoms with E-state index in [0.29, 0.717) is 18.2 Å². The Labute approximate surface area is 192 Å². The third-order valence-electron chi connectivity index (χ3n) is 5.61. The topological polar surface area (TPSA) is 54.3 Å². The molecular weight excluding hydrogens is 425 g/mol. The number of aromatic nitrogens is 3. The van der Waals surface area contributed by atoms with Crippen LogP contribution in [0.5, 0.6) is 0 Å². The Kier molecular flexibility index (Phi) is 7.55. The van der Waals surface area contributed by atoms with Gasteiger partial charge in [0.25, 0.3) is 0 Å². The second-order valence-electron chi connectivity index (χ2n) is 8.07. The number of halogens is 1. The number of rotatable bonds is 8. The molecule has 0 saturated carbocycles. The molecule has 168 valence electrons.